The number of hydrogen-bond donors (Lipinski definition) is 2. The molecule has 0 spiro atoms. The first-order valence-electron chi connectivity index (χ1n) is 5.78. The minimum absolute atomic E-state index is 0. The highest BCUT2D eigenvalue weighted by molar-refractivity contribution is 5.85. The lowest BCUT2D eigenvalue weighted by Crippen LogP contribution is -2.29. The van der Waals surface area contributed by atoms with Crippen LogP contribution in [0.15, 0.2) is 0 Å². The van der Waals surface area contributed by atoms with Crippen molar-refractivity contribution in [3.05, 3.63) is 0 Å². The van der Waals surface area contributed by atoms with Gasteiger partial charge in [0.25, 0.3) is 0 Å². The molecule has 0 atom stereocenters. The topological polar surface area (TPSA) is 41.1 Å². The van der Waals surface area contributed by atoms with Crippen molar-refractivity contribution in [2.45, 2.75) is 34.1 Å². The Balaban J connectivity index is 0.00000225. The van der Waals surface area contributed by atoms with Crippen LogP contribution in [-0.4, -0.2) is 26.0 Å². The van der Waals surface area contributed by atoms with Crippen LogP contribution >= 0.6 is 12.4 Å². The predicted octanol–water partition coefficient (Wildman–Crippen LogP) is 1.82. The third-order valence-electron chi connectivity index (χ3n) is 4.19. The van der Waals surface area contributed by atoms with Gasteiger partial charge < -0.3 is 10.6 Å². The van der Waals surface area contributed by atoms with Crippen LogP contribution in [-0.2, 0) is 4.79 Å². The molecule has 1 fully saturated rings. The molecule has 0 aromatic heterocycles. The van der Waals surface area contributed by atoms with Gasteiger partial charge in [0, 0.05) is 12.5 Å². The number of hydrogen-bond acceptors (Lipinski definition) is 2. The highest BCUT2D eigenvalue weighted by Gasteiger charge is 2.68. The van der Waals surface area contributed by atoms with E-state index in [0.29, 0.717) is 0 Å². The van der Waals surface area contributed by atoms with E-state index >= 15 is 0 Å². The molecule has 1 aliphatic rings. The quantitative estimate of drug-likeness (QED) is 0.729. The van der Waals surface area contributed by atoms with E-state index in [1.54, 1.807) is 0 Å². The van der Waals surface area contributed by atoms with E-state index in [4.69, 9.17) is 0 Å². The van der Waals surface area contributed by atoms with Crippen LogP contribution in [0, 0.1) is 16.7 Å². The van der Waals surface area contributed by atoms with Crippen LogP contribution in [0.4, 0.5) is 0 Å². The minimum atomic E-state index is 0. The molecular weight excluding hydrogens is 224 g/mol. The van der Waals surface area contributed by atoms with E-state index in [1.807, 2.05) is 7.05 Å². The van der Waals surface area contributed by atoms with Gasteiger partial charge in [-0.3, -0.25) is 4.79 Å². The molecule has 4 heteroatoms. The molecule has 16 heavy (non-hydrogen) atoms. The molecule has 96 valence electrons. The number of carbonyl (C=O) groups excluding carboxylic acids is 1. The fourth-order valence-electron chi connectivity index (χ4n) is 2.43. The average Bonchev–Trinajstić information content (AvgIpc) is 2.51. The van der Waals surface area contributed by atoms with Gasteiger partial charge in [0.05, 0.1) is 0 Å². The van der Waals surface area contributed by atoms with Crippen LogP contribution in [0.2, 0.25) is 0 Å². The maximum absolute atomic E-state index is 11.9. The summed E-state index contributed by atoms with van der Waals surface area (Å²) < 4.78 is 0. The number of rotatable bonds is 5. The maximum atomic E-state index is 11.9. The zero-order valence-corrected chi connectivity index (χ0v) is 11.8. The summed E-state index contributed by atoms with van der Waals surface area (Å²) in [6, 6.07) is 0. The Morgan fingerprint density at radius 2 is 1.62 bits per heavy atom. The Morgan fingerprint density at radius 3 is 2.00 bits per heavy atom. The van der Waals surface area contributed by atoms with E-state index in [9.17, 15) is 4.79 Å². The fraction of sp³-hybridized carbons (Fsp3) is 0.917. The monoisotopic (exact) mass is 248 g/mol. The maximum Gasteiger partial charge on any atom is 0.224 e. The fourth-order valence-corrected chi connectivity index (χ4v) is 2.43. The van der Waals surface area contributed by atoms with Crippen LogP contribution in [0.1, 0.15) is 34.1 Å². The van der Waals surface area contributed by atoms with Gasteiger partial charge in [-0.1, -0.05) is 27.7 Å². The van der Waals surface area contributed by atoms with Gasteiger partial charge in [-0.05, 0) is 30.8 Å². The summed E-state index contributed by atoms with van der Waals surface area (Å²) in [5.41, 5.74) is 0.306. The summed E-state index contributed by atoms with van der Waals surface area (Å²) in [7, 11) is 1.93. The van der Waals surface area contributed by atoms with E-state index < -0.39 is 0 Å². The van der Waals surface area contributed by atoms with Gasteiger partial charge in [0.1, 0.15) is 0 Å². The molecule has 1 rings (SSSR count). The van der Waals surface area contributed by atoms with Crippen molar-refractivity contribution >= 4 is 18.3 Å². The van der Waals surface area contributed by atoms with Crippen LogP contribution < -0.4 is 10.6 Å². The largest absolute Gasteiger partial charge is 0.356 e. The molecule has 0 bridgehead atoms. The molecule has 0 aliphatic heterocycles. The summed E-state index contributed by atoms with van der Waals surface area (Å²) in [5.74, 6) is 0.403. The van der Waals surface area contributed by atoms with Crippen molar-refractivity contribution in [2.75, 3.05) is 20.1 Å². The zero-order valence-electron chi connectivity index (χ0n) is 11.0. The number of carbonyl (C=O) groups is 1. The minimum Gasteiger partial charge on any atom is -0.356 e. The second kappa shape index (κ2) is 5.37. The Morgan fingerprint density at radius 1 is 1.12 bits per heavy atom. The highest BCUT2D eigenvalue weighted by Crippen LogP contribution is 2.68. The molecule has 0 radical (unpaired) electrons. The summed E-state index contributed by atoms with van der Waals surface area (Å²) in [4.78, 5) is 11.9. The first kappa shape index (κ1) is 15.7. The molecule has 1 aliphatic carbocycles. The molecule has 2 N–H and O–H groups in total. The van der Waals surface area contributed by atoms with Gasteiger partial charge in [-0.25, -0.2) is 0 Å². The predicted molar refractivity (Wildman–Crippen MR) is 69.9 cm³/mol. The van der Waals surface area contributed by atoms with Gasteiger partial charge in [0.15, 0.2) is 0 Å². The van der Waals surface area contributed by atoms with Crippen molar-refractivity contribution in [3.63, 3.8) is 0 Å². The molecular formula is C12H25ClN2O. The Hall–Kier alpha value is -0.280. The molecule has 0 saturated heterocycles. The second-order valence-electron chi connectivity index (χ2n) is 5.62. The number of amides is 1. The molecule has 0 heterocycles. The van der Waals surface area contributed by atoms with Crippen LogP contribution in [0.5, 0.6) is 0 Å². The molecule has 3 nitrogen and oxygen atoms in total. The van der Waals surface area contributed by atoms with Crippen LogP contribution in [0.3, 0.4) is 0 Å². The average molecular weight is 249 g/mol. The van der Waals surface area contributed by atoms with Gasteiger partial charge in [-0.2, -0.15) is 0 Å². The lowest BCUT2D eigenvalue weighted by atomic mass is 10.0. The first-order chi connectivity index (χ1) is 6.85. The normalized spacial score (nSPS) is 21.1. The molecule has 1 amide bonds. The van der Waals surface area contributed by atoms with Gasteiger partial charge in [-0.15, -0.1) is 12.4 Å². The molecule has 0 unspecified atom stereocenters. The van der Waals surface area contributed by atoms with E-state index in [0.717, 1.165) is 19.5 Å². The lowest BCUT2D eigenvalue weighted by Gasteiger charge is -2.05. The standard InChI is InChI=1S/C12H24N2O.ClH/c1-11(2)9(12(11,3)4)10(15)14-8-6-7-13-5;/h9,13H,6-8H2,1-5H3,(H,14,15);1H. The summed E-state index contributed by atoms with van der Waals surface area (Å²) in [5, 5.41) is 6.08. The molecule has 1 saturated carbocycles. The van der Waals surface area contributed by atoms with Crippen molar-refractivity contribution in [1.29, 1.82) is 0 Å². The first-order valence-corrected chi connectivity index (χ1v) is 5.78. The van der Waals surface area contributed by atoms with E-state index in [-0.39, 0.29) is 35.1 Å². The van der Waals surface area contributed by atoms with Gasteiger partial charge in [0.2, 0.25) is 5.91 Å². The Labute approximate surface area is 105 Å². The molecule has 0 aromatic carbocycles. The third-order valence-corrected chi connectivity index (χ3v) is 4.19. The van der Waals surface area contributed by atoms with Crippen molar-refractivity contribution in [1.82, 2.24) is 10.6 Å². The number of nitrogens with one attached hydrogen (secondary N) is 2. The highest BCUT2D eigenvalue weighted by atomic mass is 35.5. The van der Waals surface area contributed by atoms with Crippen molar-refractivity contribution in [2.24, 2.45) is 16.7 Å². The SMILES string of the molecule is CNCCCNC(=O)C1C(C)(C)C1(C)C.Cl. The summed E-state index contributed by atoms with van der Waals surface area (Å²) in [6.07, 6.45) is 0.996. The van der Waals surface area contributed by atoms with Crippen molar-refractivity contribution < 1.29 is 4.79 Å². The smallest absolute Gasteiger partial charge is 0.224 e. The van der Waals surface area contributed by atoms with E-state index in [1.165, 1.54) is 0 Å². The van der Waals surface area contributed by atoms with E-state index in [2.05, 4.69) is 38.3 Å². The summed E-state index contributed by atoms with van der Waals surface area (Å²) in [6.45, 7) is 10.4. The number of halogens is 1. The van der Waals surface area contributed by atoms with Crippen LogP contribution in [0.25, 0.3) is 0 Å². The molecule has 0 aromatic rings. The third kappa shape index (κ3) is 2.69. The Kier molecular flexibility index (Phi) is 5.27. The van der Waals surface area contributed by atoms with Gasteiger partial charge >= 0.3 is 0 Å². The summed E-state index contributed by atoms with van der Waals surface area (Å²) >= 11 is 0. The zero-order chi connectivity index (χ0) is 11.7. The Bertz CT molecular complexity index is 237. The van der Waals surface area contributed by atoms with Crippen molar-refractivity contribution in [3.8, 4) is 0 Å². The lowest BCUT2D eigenvalue weighted by molar-refractivity contribution is -0.123. The second-order valence-corrected chi connectivity index (χ2v) is 5.62.